The van der Waals surface area contributed by atoms with Crippen molar-refractivity contribution >= 4 is 22.1 Å². The number of hydrogen-bond donors (Lipinski definition) is 1. The fourth-order valence-corrected chi connectivity index (χ4v) is 3.81. The van der Waals surface area contributed by atoms with E-state index < -0.39 is 0 Å². The number of aromatic nitrogens is 5. The zero-order valence-corrected chi connectivity index (χ0v) is 17.5. The number of benzene rings is 1. The van der Waals surface area contributed by atoms with Crippen LogP contribution >= 0.6 is 0 Å². The number of ether oxygens (including phenoxy) is 1. The number of nitrogens with zero attached hydrogens (tertiary/aromatic N) is 4. The zero-order chi connectivity index (χ0) is 20.9. The molecule has 0 spiro atoms. The molecule has 0 aliphatic heterocycles. The van der Waals surface area contributed by atoms with Gasteiger partial charge in [0.1, 0.15) is 5.65 Å². The first-order chi connectivity index (χ1) is 14.4. The zero-order valence-electron chi connectivity index (χ0n) is 17.5. The Morgan fingerprint density at radius 1 is 0.933 bits per heavy atom. The first kappa shape index (κ1) is 18.4. The van der Waals surface area contributed by atoms with Crippen molar-refractivity contribution < 1.29 is 4.74 Å². The summed E-state index contributed by atoms with van der Waals surface area (Å²) in [4.78, 5) is 16.7. The van der Waals surface area contributed by atoms with E-state index in [-0.39, 0.29) is 5.54 Å². The summed E-state index contributed by atoms with van der Waals surface area (Å²) in [5.41, 5.74) is 7.22. The average Bonchev–Trinajstić information content (AvgIpc) is 3.36. The molecule has 0 unspecified atom stereocenters. The van der Waals surface area contributed by atoms with Gasteiger partial charge in [0.25, 0.3) is 0 Å². The highest BCUT2D eigenvalue weighted by Crippen LogP contribution is 2.33. The van der Waals surface area contributed by atoms with Crippen molar-refractivity contribution in [1.29, 1.82) is 0 Å². The van der Waals surface area contributed by atoms with Crippen molar-refractivity contribution in [3.05, 3.63) is 61.3 Å². The van der Waals surface area contributed by atoms with E-state index in [1.807, 2.05) is 30.9 Å². The summed E-state index contributed by atoms with van der Waals surface area (Å²) in [5, 5.41) is 1.07. The molecule has 30 heavy (non-hydrogen) atoms. The Labute approximate surface area is 174 Å². The Kier molecular flexibility index (Phi) is 4.10. The van der Waals surface area contributed by atoms with Crippen LogP contribution in [0.5, 0.6) is 5.88 Å². The third-order valence-corrected chi connectivity index (χ3v) is 5.39. The summed E-state index contributed by atoms with van der Waals surface area (Å²) < 4.78 is 7.48. The molecular weight excluding hydrogens is 374 g/mol. The normalized spacial score (nSPS) is 12.0. The maximum absolute atomic E-state index is 5.27. The summed E-state index contributed by atoms with van der Waals surface area (Å²) in [5.74, 6) is 0.586. The molecule has 0 atom stereocenters. The molecule has 0 saturated heterocycles. The standard InChI is InChI=1S/C24H23N5O/c1-24(2,3)29-14-28-20-6-5-16(10-21(20)29)19-13-27-23-18(19)9-17(12-26-23)15-7-8-25-22(11-15)30-4/h5-14H,1-4H3,(H,26,27). The first-order valence-corrected chi connectivity index (χ1v) is 9.89. The quantitative estimate of drug-likeness (QED) is 0.442. The van der Waals surface area contributed by atoms with E-state index in [4.69, 9.17) is 4.74 Å². The van der Waals surface area contributed by atoms with Gasteiger partial charge in [-0.1, -0.05) is 6.07 Å². The lowest BCUT2D eigenvalue weighted by atomic mass is 10.0. The summed E-state index contributed by atoms with van der Waals surface area (Å²) >= 11 is 0. The van der Waals surface area contributed by atoms with Crippen molar-refractivity contribution in [2.45, 2.75) is 26.3 Å². The molecule has 0 saturated carbocycles. The molecule has 6 heteroatoms. The number of imidazole rings is 1. The fraction of sp³-hybridized carbons (Fsp3) is 0.208. The Hall–Kier alpha value is -3.67. The SMILES string of the molecule is COc1cc(-c2cnc3[nH]cc(-c4ccc5ncn(C(C)(C)C)c5c4)c3c2)ccn1. The van der Waals surface area contributed by atoms with Gasteiger partial charge in [-0.15, -0.1) is 0 Å². The molecule has 5 aromatic rings. The van der Waals surface area contributed by atoms with Crippen molar-refractivity contribution in [3.8, 4) is 28.1 Å². The Morgan fingerprint density at radius 3 is 2.60 bits per heavy atom. The van der Waals surface area contributed by atoms with Crippen LogP contribution in [0.15, 0.2) is 61.3 Å². The van der Waals surface area contributed by atoms with Crippen LogP contribution < -0.4 is 4.74 Å². The molecule has 6 nitrogen and oxygen atoms in total. The van der Waals surface area contributed by atoms with Gasteiger partial charge in [0.2, 0.25) is 5.88 Å². The van der Waals surface area contributed by atoms with Crippen molar-refractivity contribution in [1.82, 2.24) is 24.5 Å². The number of nitrogens with one attached hydrogen (secondary N) is 1. The molecule has 0 fully saturated rings. The van der Waals surface area contributed by atoms with E-state index in [1.54, 1.807) is 13.3 Å². The van der Waals surface area contributed by atoms with E-state index in [0.29, 0.717) is 5.88 Å². The Bertz CT molecular complexity index is 1370. The third-order valence-electron chi connectivity index (χ3n) is 5.39. The molecule has 1 N–H and O–H groups in total. The largest absolute Gasteiger partial charge is 0.481 e. The van der Waals surface area contributed by atoms with Crippen LogP contribution in [-0.4, -0.2) is 31.6 Å². The van der Waals surface area contributed by atoms with E-state index in [2.05, 4.69) is 69.5 Å². The van der Waals surface area contributed by atoms with Gasteiger partial charge in [-0.2, -0.15) is 0 Å². The molecule has 4 heterocycles. The molecule has 0 radical (unpaired) electrons. The topological polar surface area (TPSA) is 68.6 Å². The summed E-state index contributed by atoms with van der Waals surface area (Å²) in [6.07, 6.45) is 7.56. The molecule has 0 amide bonds. The third kappa shape index (κ3) is 3.01. The molecular formula is C24H23N5O. The predicted octanol–water partition coefficient (Wildman–Crippen LogP) is 5.41. The van der Waals surface area contributed by atoms with E-state index in [9.17, 15) is 0 Å². The van der Waals surface area contributed by atoms with Crippen LogP contribution in [-0.2, 0) is 5.54 Å². The van der Waals surface area contributed by atoms with Gasteiger partial charge in [0.05, 0.1) is 24.5 Å². The molecule has 150 valence electrons. The van der Waals surface area contributed by atoms with E-state index in [0.717, 1.165) is 44.3 Å². The molecule has 0 aliphatic rings. The highest BCUT2D eigenvalue weighted by atomic mass is 16.5. The van der Waals surface area contributed by atoms with Crippen LogP contribution in [0.4, 0.5) is 0 Å². The fourth-order valence-electron chi connectivity index (χ4n) is 3.81. The lowest BCUT2D eigenvalue weighted by Gasteiger charge is -2.21. The van der Waals surface area contributed by atoms with Gasteiger partial charge < -0.3 is 14.3 Å². The molecule has 0 bridgehead atoms. The summed E-state index contributed by atoms with van der Waals surface area (Å²) in [7, 11) is 1.62. The smallest absolute Gasteiger partial charge is 0.213 e. The highest BCUT2D eigenvalue weighted by Gasteiger charge is 2.17. The van der Waals surface area contributed by atoms with Crippen LogP contribution in [0.3, 0.4) is 0 Å². The molecule has 1 aromatic carbocycles. The van der Waals surface area contributed by atoms with Gasteiger partial charge in [-0.05, 0) is 56.2 Å². The summed E-state index contributed by atoms with van der Waals surface area (Å²) in [6, 6.07) is 12.4. The maximum atomic E-state index is 5.27. The molecule has 0 aliphatic carbocycles. The average molecular weight is 397 g/mol. The minimum Gasteiger partial charge on any atom is -0.481 e. The minimum absolute atomic E-state index is 0.0390. The van der Waals surface area contributed by atoms with Crippen molar-refractivity contribution in [2.75, 3.05) is 7.11 Å². The Balaban J connectivity index is 1.66. The summed E-state index contributed by atoms with van der Waals surface area (Å²) in [6.45, 7) is 6.56. The van der Waals surface area contributed by atoms with Crippen molar-refractivity contribution in [2.24, 2.45) is 0 Å². The Morgan fingerprint density at radius 2 is 1.80 bits per heavy atom. The number of H-pyrrole nitrogens is 1. The number of methoxy groups -OCH3 is 1. The van der Waals surface area contributed by atoms with Gasteiger partial charge in [0.15, 0.2) is 0 Å². The maximum Gasteiger partial charge on any atom is 0.213 e. The second-order valence-corrected chi connectivity index (χ2v) is 8.40. The number of fused-ring (bicyclic) bond motifs is 2. The lowest BCUT2D eigenvalue weighted by molar-refractivity contribution is 0.398. The van der Waals surface area contributed by atoms with Crippen LogP contribution in [0.1, 0.15) is 20.8 Å². The van der Waals surface area contributed by atoms with Gasteiger partial charge in [-0.3, -0.25) is 0 Å². The number of hydrogen-bond acceptors (Lipinski definition) is 4. The van der Waals surface area contributed by atoms with Crippen LogP contribution in [0.25, 0.3) is 44.3 Å². The second kappa shape index (κ2) is 6.69. The van der Waals surface area contributed by atoms with Gasteiger partial charge >= 0.3 is 0 Å². The first-order valence-electron chi connectivity index (χ1n) is 9.89. The monoisotopic (exact) mass is 397 g/mol. The molecule has 5 rings (SSSR count). The number of pyridine rings is 2. The van der Waals surface area contributed by atoms with E-state index >= 15 is 0 Å². The van der Waals surface area contributed by atoms with E-state index in [1.165, 1.54) is 0 Å². The van der Waals surface area contributed by atoms with Crippen LogP contribution in [0.2, 0.25) is 0 Å². The highest BCUT2D eigenvalue weighted by molar-refractivity contribution is 5.97. The van der Waals surface area contributed by atoms with Gasteiger partial charge in [0, 0.05) is 46.7 Å². The van der Waals surface area contributed by atoms with Crippen LogP contribution in [0, 0.1) is 0 Å². The number of rotatable bonds is 3. The minimum atomic E-state index is -0.0390. The second-order valence-electron chi connectivity index (χ2n) is 8.40. The molecule has 4 aromatic heterocycles. The van der Waals surface area contributed by atoms with Crippen molar-refractivity contribution in [3.63, 3.8) is 0 Å². The number of aromatic amines is 1. The lowest BCUT2D eigenvalue weighted by Crippen LogP contribution is -2.20. The van der Waals surface area contributed by atoms with Gasteiger partial charge in [-0.25, -0.2) is 15.0 Å². The predicted molar refractivity (Wildman–Crippen MR) is 120 cm³/mol.